The number of rotatable bonds is 3. The zero-order valence-corrected chi connectivity index (χ0v) is 17.3. The molecule has 3 nitrogen and oxygen atoms in total. The molecular formula is C24H33N3. The minimum absolute atomic E-state index is 0.500. The second kappa shape index (κ2) is 11.6. The van der Waals surface area contributed by atoms with Gasteiger partial charge in [-0.15, -0.1) is 0 Å². The molecule has 1 heterocycles. The molecule has 2 rings (SSSR count). The van der Waals surface area contributed by atoms with Crippen LogP contribution in [0.2, 0.25) is 0 Å². The monoisotopic (exact) mass is 363 g/mol. The van der Waals surface area contributed by atoms with E-state index in [1.807, 2.05) is 30.3 Å². The molecule has 0 amide bonds. The van der Waals surface area contributed by atoms with E-state index >= 15 is 0 Å². The molecule has 1 aliphatic heterocycles. The fourth-order valence-corrected chi connectivity index (χ4v) is 3.01. The Labute approximate surface area is 165 Å². The Balaban J connectivity index is 2.26. The molecule has 0 unspecified atom stereocenters. The van der Waals surface area contributed by atoms with E-state index in [1.54, 1.807) is 0 Å². The van der Waals surface area contributed by atoms with Crippen LogP contribution in [0.4, 0.5) is 5.69 Å². The molecule has 144 valence electrons. The lowest BCUT2D eigenvalue weighted by molar-refractivity contribution is 0.228. The molecule has 0 atom stereocenters. The van der Waals surface area contributed by atoms with Crippen molar-refractivity contribution in [2.24, 2.45) is 4.99 Å². The summed E-state index contributed by atoms with van der Waals surface area (Å²) in [5.41, 5.74) is 1.56. The van der Waals surface area contributed by atoms with Crippen molar-refractivity contribution in [1.82, 2.24) is 9.80 Å². The average molecular weight is 364 g/mol. The van der Waals surface area contributed by atoms with Crippen molar-refractivity contribution < 1.29 is 0 Å². The van der Waals surface area contributed by atoms with Crippen molar-refractivity contribution in [1.29, 1.82) is 0 Å². The summed E-state index contributed by atoms with van der Waals surface area (Å²) in [5.74, 6) is 13.0. The summed E-state index contributed by atoms with van der Waals surface area (Å²) in [5, 5.41) is 0. The first kappa shape index (κ1) is 21.2. The van der Waals surface area contributed by atoms with Crippen molar-refractivity contribution in [3.8, 4) is 23.7 Å². The second-order valence-corrected chi connectivity index (χ2v) is 7.59. The Hall–Kier alpha value is -2.07. The van der Waals surface area contributed by atoms with E-state index in [4.69, 9.17) is 0 Å². The Morgan fingerprint density at radius 3 is 1.78 bits per heavy atom. The Bertz CT molecular complexity index is 671. The van der Waals surface area contributed by atoms with Crippen molar-refractivity contribution in [3.05, 3.63) is 30.3 Å². The van der Waals surface area contributed by atoms with Gasteiger partial charge >= 0.3 is 0 Å². The van der Waals surface area contributed by atoms with Crippen LogP contribution in [0.3, 0.4) is 0 Å². The van der Waals surface area contributed by atoms with Crippen LogP contribution in [0.25, 0.3) is 0 Å². The fraction of sp³-hybridized carbons (Fsp3) is 0.542. The van der Waals surface area contributed by atoms with E-state index in [0.29, 0.717) is 17.8 Å². The molecule has 0 bridgehead atoms. The molecule has 1 aromatic carbocycles. The summed E-state index contributed by atoms with van der Waals surface area (Å²) in [7, 11) is 0. The minimum atomic E-state index is 0.500. The topological polar surface area (TPSA) is 18.8 Å². The van der Waals surface area contributed by atoms with Crippen LogP contribution in [0.1, 0.15) is 47.0 Å². The van der Waals surface area contributed by atoms with Gasteiger partial charge in [-0.1, -0.05) is 36.5 Å². The van der Waals surface area contributed by atoms with Gasteiger partial charge in [-0.3, -0.25) is 9.80 Å². The molecule has 1 aliphatic rings. The summed E-state index contributed by atoms with van der Waals surface area (Å²) in [6, 6.07) is 11.0. The third-order valence-electron chi connectivity index (χ3n) is 4.83. The zero-order valence-electron chi connectivity index (χ0n) is 17.3. The van der Waals surface area contributed by atoms with Gasteiger partial charge in [-0.05, 0) is 77.6 Å². The van der Waals surface area contributed by atoms with E-state index in [2.05, 4.69) is 66.2 Å². The molecule has 1 aromatic rings. The molecule has 0 radical (unpaired) electrons. The molecule has 3 heteroatoms. The SMILES string of the molecule is CC(C)N1CC#CC(=Nc2ccccc2)C#CCN(C(C)C)CCCCC1. The third-order valence-corrected chi connectivity index (χ3v) is 4.83. The lowest BCUT2D eigenvalue weighted by Gasteiger charge is -2.26. The first-order chi connectivity index (χ1) is 13.1. The summed E-state index contributed by atoms with van der Waals surface area (Å²) >= 11 is 0. The maximum Gasteiger partial charge on any atom is 0.164 e. The van der Waals surface area contributed by atoms with Crippen molar-refractivity contribution in [2.45, 2.75) is 59.0 Å². The zero-order chi connectivity index (χ0) is 19.5. The van der Waals surface area contributed by atoms with Gasteiger partial charge in [-0.25, -0.2) is 4.99 Å². The van der Waals surface area contributed by atoms with Crippen LogP contribution in [0.5, 0.6) is 0 Å². The highest BCUT2D eigenvalue weighted by molar-refractivity contribution is 6.14. The minimum Gasteiger partial charge on any atom is -0.290 e. The number of nitrogens with zero attached hydrogens (tertiary/aromatic N) is 3. The number of hydrogen-bond donors (Lipinski definition) is 0. The summed E-state index contributed by atoms with van der Waals surface area (Å²) in [6.45, 7) is 12.7. The highest BCUT2D eigenvalue weighted by atomic mass is 15.1. The van der Waals surface area contributed by atoms with Gasteiger partial charge in [-0.2, -0.15) is 0 Å². The van der Waals surface area contributed by atoms with Gasteiger partial charge in [0.15, 0.2) is 5.71 Å². The highest BCUT2D eigenvalue weighted by Gasteiger charge is 2.10. The molecule has 0 N–H and O–H groups in total. The number of para-hydroxylation sites is 1. The number of hydrogen-bond acceptors (Lipinski definition) is 3. The average Bonchev–Trinajstić information content (AvgIpc) is 2.64. The van der Waals surface area contributed by atoms with E-state index in [1.165, 1.54) is 19.3 Å². The van der Waals surface area contributed by atoms with Gasteiger partial charge in [0.05, 0.1) is 18.8 Å². The molecule has 0 aliphatic carbocycles. The van der Waals surface area contributed by atoms with E-state index in [0.717, 1.165) is 31.9 Å². The van der Waals surface area contributed by atoms with Crippen molar-refractivity contribution in [3.63, 3.8) is 0 Å². The molecule has 0 aromatic heterocycles. The maximum absolute atomic E-state index is 4.66. The van der Waals surface area contributed by atoms with Crippen LogP contribution >= 0.6 is 0 Å². The van der Waals surface area contributed by atoms with Gasteiger partial charge in [0.2, 0.25) is 0 Å². The lowest BCUT2D eigenvalue weighted by Crippen LogP contribution is -2.33. The standard InChI is InChI=1S/C24H33N3/c1-21(2)26-17-9-6-10-18-27(22(3)4)20-12-16-24(15-11-19-26)25-23-13-7-5-8-14-23/h5,7-8,13-14,21-22H,6,9-10,17-20H2,1-4H3. The summed E-state index contributed by atoms with van der Waals surface area (Å²) in [6.07, 6.45) is 3.71. The van der Waals surface area contributed by atoms with Crippen molar-refractivity contribution in [2.75, 3.05) is 26.2 Å². The Kier molecular flexibility index (Phi) is 9.12. The maximum atomic E-state index is 4.66. The van der Waals surface area contributed by atoms with Crippen LogP contribution in [-0.4, -0.2) is 53.8 Å². The van der Waals surface area contributed by atoms with E-state index in [-0.39, 0.29) is 0 Å². The molecule has 0 spiro atoms. The van der Waals surface area contributed by atoms with Gasteiger partial charge in [0.25, 0.3) is 0 Å². The van der Waals surface area contributed by atoms with Gasteiger partial charge in [0, 0.05) is 12.1 Å². The molecular weight excluding hydrogens is 330 g/mol. The highest BCUT2D eigenvalue weighted by Crippen LogP contribution is 2.10. The molecule has 0 fully saturated rings. The third kappa shape index (κ3) is 8.00. The van der Waals surface area contributed by atoms with Gasteiger partial charge < -0.3 is 0 Å². The summed E-state index contributed by atoms with van der Waals surface area (Å²) < 4.78 is 0. The largest absolute Gasteiger partial charge is 0.290 e. The summed E-state index contributed by atoms with van der Waals surface area (Å²) in [4.78, 5) is 9.53. The quantitative estimate of drug-likeness (QED) is 0.743. The normalized spacial score (nSPS) is 17.6. The number of aliphatic imine (C=N–C) groups is 1. The second-order valence-electron chi connectivity index (χ2n) is 7.59. The van der Waals surface area contributed by atoms with E-state index in [9.17, 15) is 0 Å². The van der Waals surface area contributed by atoms with Crippen LogP contribution in [0.15, 0.2) is 35.3 Å². The fourth-order valence-electron chi connectivity index (χ4n) is 3.01. The predicted octanol–water partition coefficient (Wildman–Crippen LogP) is 4.37. The first-order valence-electron chi connectivity index (χ1n) is 10.2. The molecule has 0 saturated heterocycles. The molecule has 27 heavy (non-hydrogen) atoms. The van der Waals surface area contributed by atoms with Crippen molar-refractivity contribution >= 4 is 11.4 Å². The number of benzene rings is 1. The van der Waals surface area contributed by atoms with Crippen LogP contribution in [0, 0.1) is 23.7 Å². The van der Waals surface area contributed by atoms with Gasteiger partial charge in [0.1, 0.15) is 0 Å². The van der Waals surface area contributed by atoms with Crippen LogP contribution in [-0.2, 0) is 0 Å². The lowest BCUT2D eigenvalue weighted by atomic mass is 10.2. The molecule has 0 saturated carbocycles. The predicted molar refractivity (Wildman–Crippen MR) is 116 cm³/mol. The van der Waals surface area contributed by atoms with E-state index < -0.39 is 0 Å². The smallest absolute Gasteiger partial charge is 0.164 e. The van der Waals surface area contributed by atoms with Crippen LogP contribution < -0.4 is 0 Å². The first-order valence-corrected chi connectivity index (χ1v) is 10.2. The Morgan fingerprint density at radius 1 is 0.778 bits per heavy atom. The Morgan fingerprint density at radius 2 is 1.30 bits per heavy atom.